The van der Waals surface area contributed by atoms with Crippen molar-refractivity contribution >= 4 is 29.1 Å². The number of benzene rings is 1. The number of hydrogen-bond donors (Lipinski definition) is 6. The second kappa shape index (κ2) is 13.2. The summed E-state index contributed by atoms with van der Waals surface area (Å²) in [5.74, 6) is 0.271. The Bertz CT molecular complexity index is 745. The van der Waals surface area contributed by atoms with Crippen LogP contribution in [0.2, 0.25) is 0 Å². The van der Waals surface area contributed by atoms with Gasteiger partial charge in [-0.05, 0) is 26.3 Å². The molecule has 1 aromatic carbocycles. The van der Waals surface area contributed by atoms with Crippen LogP contribution in [0.1, 0.15) is 32.4 Å². The van der Waals surface area contributed by atoms with Gasteiger partial charge in [0.2, 0.25) is 0 Å². The molecule has 0 unspecified atom stereocenters. The summed E-state index contributed by atoms with van der Waals surface area (Å²) in [4.78, 5) is 15.5. The molecule has 0 saturated carbocycles. The fraction of sp³-hybridized carbons (Fsp3) is 0.368. The Morgan fingerprint density at radius 2 is 1.83 bits per heavy atom. The van der Waals surface area contributed by atoms with Crippen LogP contribution in [-0.2, 0) is 4.74 Å². The van der Waals surface area contributed by atoms with Gasteiger partial charge in [0, 0.05) is 12.7 Å². The molecule has 1 aromatic heterocycles. The lowest BCUT2D eigenvalue weighted by Crippen LogP contribution is -2.25. The summed E-state index contributed by atoms with van der Waals surface area (Å²) in [6.07, 6.45) is -1.39. The highest BCUT2D eigenvalue weighted by atomic mass is 16.5. The van der Waals surface area contributed by atoms with Gasteiger partial charge in [0.25, 0.3) is 0 Å². The van der Waals surface area contributed by atoms with Crippen LogP contribution in [0.25, 0.3) is 0 Å². The van der Waals surface area contributed by atoms with Crippen LogP contribution >= 0.6 is 0 Å². The summed E-state index contributed by atoms with van der Waals surface area (Å²) in [7, 11) is 0. The standard InChI is InChI=1S/C17H23N5O3.C2H6O.H2O/c1-3-25-17(24)22-13-9-12(14(18)16(19)21-13)20-10(2)15(23)11-7-5-4-6-8-11;1-2-3;/h4-10,15,23H,3,18H2,1-2H3,(H4,19,20,21,22,24);3H,2H2,1H3;1H2/t10-,15-;;/m1../s1. The number of carbonyl (C=O) groups excluding carboxylic acids is 1. The van der Waals surface area contributed by atoms with E-state index in [0.717, 1.165) is 5.56 Å². The summed E-state index contributed by atoms with van der Waals surface area (Å²) in [6.45, 7) is 5.68. The number of amides is 1. The highest BCUT2D eigenvalue weighted by Gasteiger charge is 2.18. The van der Waals surface area contributed by atoms with Gasteiger partial charge in [-0.3, -0.25) is 5.32 Å². The van der Waals surface area contributed by atoms with Crippen molar-refractivity contribution < 1.29 is 25.2 Å². The average molecular weight is 409 g/mol. The molecule has 1 heterocycles. The second-order valence-corrected chi connectivity index (χ2v) is 5.80. The summed E-state index contributed by atoms with van der Waals surface area (Å²) in [6, 6.07) is 10.4. The number of ether oxygens (including phenoxy) is 1. The van der Waals surface area contributed by atoms with E-state index in [-0.39, 0.29) is 42.1 Å². The van der Waals surface area contributed by atoms with Crippen LogP contribution in [-0.4, -0.2) is 46.0 Å². The Morgan fingerprint density at radius 3 is 2.38 bits per heavy atom. The van der Waals surface area contributed by atoms with Gasteiger partial charge in [-0.2, -0.15) is 0 Å². The molecule has 2 aromatic rings. The summed E-state index contributed by atoms with van der Waals surface area (Å²) >= 11 is 0. The van der Waals surface area contributed by atoms with Crippen molar-refractivity contribution in [2.75, 3.05) is 35.3 Å². The van der Waals surface area contributed by atoms with Gasteiger partial charge in [0.05, 0.1) is 30.1 Å². The molecule has 29 heavy (non-hydrogen) atoms. The number of aliphatic hydroxyl groups is 2. The number of nitrogen functional groups attached to an aromatic ring is 2. The smallest absolute Gasteiger partial charge is 0.412 e. The Labute approximate surface area is 170 Å². The zero-order valence-electron chi connectivity index (χ0n) is 16.8. The van der Waals surface area contributed by atoms with Crippen molar-refractivity contribution in [2.24, 2.45) is 0 Å². The van der Waals surface area contributed by atoms with Crippen LogP contribution in [0.5, 0.6) is 0 Å². The Morgan fingerprint density at radius 1 is 1.24 bits per heavy atom. The van der Waals surface area contributed by atoms with E-state index in [1.807, 2.05) is 37.3 Å². The molecule has 10 nitrogen and oxygen atoms in total. The molecule has 0 radical (unpaired) electrons. The molecule has 0 saturated heterocycles. The maximum Gasteiger partial charge on any atom is 0.412 e. The largest absolute Gasteiger partial charge is 0.450 e. The molecule has 0 aliphatic heterocycles. The molecule has 2 atom stereocenters. The van der Waals surface area contributed by atoms with E-state index in [0.29, 0.717) is 5.69 Å². The minimum atomic E-state index is -0.753. The zero-order chi connectivity index (χ0) is 21.1. The first-order valence-corrected chi connectivity index (χ1v) is 8.94. The van der Waals surface area contributed by atoms with Gasteiger partial charge in [0.1, 0.15) is 5.82 Å². The minimum absolute atomic E-state index is 0. The van der Waals surface area contributed by atoms with Crippen molar-refractivity contribution in [3.63, 3.8) is 0 Å². The molecule has 0 bridgehead atoms. The number of aromatic nitrogens is 1. The lowest BCUT2D eigenvalue weighted by Gasteiger charge is -2.23. The van der Waals surface area contributed by atoms with Crippen molar-refractivity contribution in [2.45, 2.75) is 32.9 Å². The number of aliphatic hydroxyl groups excluding tert-OH is 2. The summed E-state index contributed by atoms with van der Waals surface area (Å²) in [5.41, 5.74) is 13.2. The molecular weight excluding hydrogens is 378 g/mol. The van der Waals surface area contributed by atoms with Crippen LogP contribution < -0.4 is 22.1 Å². The Kier molecular flexibility index (Phi) is 11.8. The first-order chi connectivity index (χ1) is 13.3. The van der Waals surface area contributed by atoms with E-state index < -0.39 is 12.2 Å². The van der Waals surface area contributed by atoms with Crippen LogP contribution in [0.4, 0.5) is 27.8 Å². The monoisotopic (exact) mass is 409 g/mol. The number of carbonyl (C=O) groups is 1. The van der Waals surface area contributed by atoms with Crippen molar-refractivity contribution in [3.05, 3.63) is 42.0 Å². The normalized spacial score (nSPS) is 11.8. The maximum absolute atomic E-state index is 11.5. The highest BCUT2D eigenvalue weighted by molar-refractivity contribution is 5.87. The molecule has 10 heteroatoms. The van der Waals surface area contributed by atoms with E-state index in [4.69, 9.17) is 21.3 Å². The number of hydrogen-bond acceptors (Lipinski definition) is 8. The van der Waals surface area contributed by atoms with E-state index in [1.54, 1.807) is 13.8 Å². The number of nitrogens with two attached hydrogens (primary N) is 2. The zero-order valence-corrected chi connectivity index (χ0v) is 16.8. The molecule has 2 rings (SSSR count). The third kappa shape index (κ3) is 8.21. The first kappa shape index (κ1) is 25.9. The molecule has 162 valence electrons. The van der Waals surface area contributed by atoms with E-state index in [1.165, 1.54) is 6.07 Å². The third-order valence-corrected chi connectivity index (χ3v) is 3.59. The van der Waals surface area contributed by atoms with Crippen molar-refractivity contribution in [3.8, 4) is 0 Å². The number of rotatable bonds is 6. The Hall–Kier alpha value is -3.08. The van der Waals surface area contributed by atoms with Crippen LogP contribution in [0.15, 0.2) is 36.4 Å². The van der Waals surface area contributed by atoms with Gasteiger partial charge < -0.3 is 37.2 Å². The summed E-state index contributed by atoms with van der Waals surface area (Å²) in [5, 5.41) is 23.6. The quantitative estimate of drug-likeness (QED) is 0.414. The molecule has 1 amide bonds. The molecular formula is C19H31N5O5. The first-order valence-electron chi connectivity index (χ1n) is 8.94. The summed E-state index contributed by atoms with van der Waals surface area (Å²) < 4.78 is 4.81. The van der Waals surface area contributed by atoms with Crippen LogP contribution in [0.3, 0.4) is 0 Å². The SMILES string of the molecule is CCO.CCOC(=O)Nc1cc(N[C@H](C)[C@@H](O)c2ccccc2)c(N)c(N)n1.O. The topological polar surface area (TPSA) is 187 Å². The maximum atomic E-state index is 11.5. The van der Waals surface area contributed by atoms with Crippen LogP contribution in [0, 0.1) is 0 Å². The van der Waals surface area contributed by atoms with E-state index in [9.17, 15) is 9.90 Å². The van der Waals surface area contributed by atoms with Crippen molar-refractivity contribution in [1.29, 1.82) is 0 Å². The lowest BCUT2D eigenvalue weighted by atomic mass is 10.0. The molecule has 0 fully saturated rings. The highest BCUT2D eigenvalue weighted by Crippen LogP contribution is 2.29. The number of pyridine rings is 1. The van der Waals surface area contributed by atoms with E-state index >= 15 is 0 Å². The molecule has 10 N–H and O–H groups in total. The second-order valence-electron chi connectivity index (χ2n) is 5.80. The number of nitrogens with zero attached hydrogens (tertiary/aromatic N) is 1. The fourth-order valence-corrected chi connectivity index (χ4v) is 2.29. The molecule has 0 aliphatic rings. The predicted octanol–water partition coefficient (Wildman–Crippen LogP) is 1.52. The van der Waals surface area contributed by atoms with Crippen molar-refractivity contribution in [1.82, 2.24) is 4.98 Å². The van der Waals surface area contributed by atoms with E-state index in [2.05, 4.69) is 15.6 Å². The molecule has 0 spiro atoms. The van der Waals surface area contributed by atoms with Gasteiger partial charge >= 0.3 is 6.09 Å². The van der Waals surface area contributed by atoms with Gasteiger partial charge in [-0.25, -0.2) is 9.78 Å². The Balaban J connectivity index is 0.00000184. The predicted molar refractivity (Wildman–Crippen MR) is 115 cm³/mol. The number of anilines is 4. The van der Waals surface area contributed by atoms with Gasteiger partial charge in [-0.15, -0.1) is 0 Å². The minimum Gasteiger partial charge on any atom is -0.450 e. The fourth-order valence-electron chi connectivity index (χ4n) is 2.29. The lowest BCUT2D eigenvalue weighted by molar-refractivity contribution is 0.160. The number of nitrogens with one attached hydrogen (secondary N) is 2. The van der Waals surface area contributed by atoms with Gasteiger partial charge in [0.15, 0.2) is 5.82 Å². The van der Waals surface area contributed by atoms with Gasteiger partial charge in [-0.1, -0.05) is 30.3 Å². The average Bonchev–Trinajstić information content (AvgIpc) is 2.66. The third-order valence-electron chi connectivity index (χ3n) is 3.59. The molecule has 0 aliphatic carbocycles.